The molecule has 0 bridgehead atoms. The van der Waals surface area contributed by atoms with Crippen molar-refractivity contribution in [2.45, 2.75) is 97.4 Å². The van der Waals surface area contributed by atoms with E-state index in [0.717, 1.165) is 28.9 Å². The number of carbonyl (C=O) groups excluding carboxylic acids is 4. The van der Waals surface area contributed by atoms with Gasteiger partial charge in [0.25, 0.3) is 23.3 Å². The van der Waals surface area contributed by atoms with Crippen molar-refractivity contribution in [2.24, 2.45) is 5.41 Å². The van der Waals surface area contributed by atoms with Crippen LogP contribution in [0.4, 0.5) is 5.69 Å². The summed E-state index contributed by atoms with van der Waals surface area (Å²) < 4.78 is 0.905. The maximum atomic E-state index is 14.0. The lowest BCUT2D eigenvalue weighted by Gasteiger charge is -2.28. The highest BCUT2D eigenvalue weighted by atomic mass is 35.5. The Morgan fingerprint density at radius 2 is 1.50 bits per heavy atom. The second-order valence-electron chi connectivity index (χ2n) is 12.2. The lowest BCUT2D eigenvalue weighted by Crippen LogP contribution is -2.49. The molecule has 1 aromatic heterocycles. The number of benzene rings is 2. The van der Waals surface area contributed by atoms with Crippen LogP contribution < -0.4 is 21.7 Å². The third-order valence-corrected chi connectivity index (χ3v) is 8.55. The Kier molecular flexibility index (Phi) is 11.9. The van der Waals surface area contributed by atoms with Crippen molar-refractivity contribution in [1.82, 2.24) is 20.1 Å². The molecule has 1 unspecified atom stereocenters. The van der Waals surface area contributed by atoms with E-state index in [9.17, 15) is 24.0 Å². The highest BCUT2D eigenvalue weighted by molar-refractivity contribution is 6.33. The van der Waals surface area contributed by atoms with Gasteiger partial charge in [0.15, 0.2) is 11.9 Å². The molecule has 1 fully saturated rings. The highest BCUT2D eigenvalue weighted by Gasteiger charge is 2.52. The second kappa shape index (κ2) is 15.8. The summed E-state index contributed by atoms with van der Waals surface area (Å²) in [5, 5.41) is 3.98. The number of carbonyl (C=O) groups is 4. The van der Waals surface area contributed by atoms with E-state index in [1.54, 1.807) is 48.5 Å². The van der Waals surface area contributed by atoms with Crippen LogP contribution in [0.5, 0.6) is 0 Å². The third kappa shape index (κ3) is 8.12. The zero-order chi connectivity index (χ0) is 33.3. The molecule has 1 atom stereocenters. The van der Waals surface area contributed by atoms with Crippen molar-refractivity contribution in [1.29, 1.82) is 0 Å². The monoisotopic (exact) mass is 650 g/mol. The molecule has 1 aliphatic rings. The summed E-state index contributed by atoms with van der Waals surface area (Å²) in [6.45, 7) is 5.07. The van der Waals surface area contributed by atoms with Crippen molar-refractivity contribution < 1.29 is 19.2 Å². The molecule has 11 nitrogen and oxygen atoms in total. The number of aromatic nitrogens is 2. The van der Waals surface area contributed by atoms with Gasteiger partial charge in [0.2, 0.25) is 5.91 Å². The smallest absolute Gasteiger partial charge is 0.280 e. The number of rotatable bonds is 16. The molecule has 4 amide bonds. The van der Waals surface area contributed by atoms with Crippen LogP contribution in [0.3, 0.4) is 0 Å². The standard InChI is InChI=1S/C34H43ClN6O5/c1-4-5-6-7-8-9-10-11-12-13-22-27(42)38-41-29(36-25-20-16-14-18-23(25)31(41)44)28(40-33(46)34(2,3)32(45)39-40)30(43)37-26-21-17-15-19-24(26)35/h14-21,28H,4-13,22H2,1-3H3,(H,37,43)(H,38,42)(H,39,45). The molecule has 1 aliphatic heterocycles. The second-order valence-corrected chi connectivity index (χ2v) is 12.6. The third-order valence-electron chi connectivity index (χ3n) is 8.22. The minimum Gasteiger partial charge on any atom is -0.322 e. The van der Waals surface area contributed by atoms with Gasteiger partial charge in [0, 0.05) is 6.42 Å². The number of fused-ring (bicyclic) bond motifs is 1. The number of para-hydroxylation sites is 2. The molecule has 2 aromatic carbocycles. The fraction of sp³-hybridized carbons (Fsp3) is 0.471. The largest absolute Gasteiger partial charge is 0.322 e. The number of unbranched alkanes of at least 4 members (excludes halogenated alkanes) is 9. The predicted molar refractivity (Wildman–Crippen MR) is 178 cm³/mol. The maximum absolute atomic E-state index is 14.0. The summed E-state index contributed by atoms with van der Waals surface area (Å²) in [5.74, 6) is -2.84. The van der Waals surface area contributed by atoms with Gasteiger partial charge < -0.3 is 5.32 Å². The van der Waals surface area contributed by atoms with Gasteiger partial charge in [-0.2, -0.15) is 4.68 Å². The highest BCUT2D eigenvalue weighted by Crippen LogP contribution is 2.32. The van der Waals surface area contributed by atoms with Crippen LogP contribution in [0.2, 0.25) is 5.02 Å². The minimum absolute atomic E-state index is 0.151. The van der Waals surface area contributed by atoms with Crippen molar-refractivity contribution in [3.05, 3.63) is 69.7 Å². The first-order valence-electron chi connectivity index (χ1n) is 16.1. The van der Waals surface area contributed by atoms with E-state index >= 15 is 0 Å². The first-order chi connectivity index (χ1) is 22.1. The van der Waals surface area contributed by atoms with Crippen molar-refractivity contribution in [2.75, 3.05) is 10.7 Å². The van der Waals surface area contributed by atoms with Crippen LogP contribution in [-0.4, -0.2) is 38.3 Å². The normalized spacial score (nSPS) is 14.7. The van der Waals surface area contributed by atoms with E-state index in [2.05, 4.69) is 28.1 Å². The molecule has 4 rings (SSSR count). The Labute approximate surface area is 274 Å². The van der Waals surface area contributed by atoms with Gasteiger partial charge in [0.05, 0.1) is 21.6 Å². The number of anilines is 1. The Balaban J connectivity index is 1.61. The van der Waals surface area contributed by atoms with Gasteiger partial charge >= 0.3 is 0 Å². The van der Waals surface area contributed by atoms with E-state index in [0.29, 0.717) is 6.42 Å². The van der Waals surface area contributed by atoms with Crippen LogP contribution in [-0.2, 0) is 19.2 Å². The number of hydrazine groups is 1. The number of amides is 4. The summed E-state index contributed by atoms with van der Waals surface area (Å²) in [4.78, 5) is 71.9. The van der Waals surface area contributed by atoms with E-state index in [1.807, 2.05) is 0 Å². The molecule has 0 saturated carbocycles. The number of halogens is 1. The zero-order valence-electron chi connectivity index (χ0n) is 26.7. The van der Waals surface area contributed by atoms with E-state index in [-0.39, 0.29) is 33.9 Å². The van der Waals surface area contributed by atoms with E-state index < -0.39 is 40.6 Å². The Bertz CT molecular complexity index is 1640. The molecule has 1 saturated heterocycles. The van der Waals surface area contributed by atoms with E-state index in [4.69, 9.17) is 11.6 Å². The molecule has 3 aromatic rings. The van der Waals surface area contributed by atoms with Crippen LogP contribution in [0, 0.1) is 5.41 Å². The van der Waals surface area contributed by atoms with Crippen LogP contribution in [0.15, 0.2) is 53.3 Å². The summed E-state index contributed by atoms with van der Waals surface area (Å²) in [6, 6.07) is 11.3. The Hall–Kier alpha value is -4.25. The summed E-state index contributed by atoms with van der Waals surface area (Å²) >= 11 is 6.30. The van der Waals surface area contributed by atoms with Crippen molar-refractivity contribution in [3.8, 4) is 0 Å². The van der Waals surface area contributed by atoms with Gasteiger partial charge in [-0.15, -0.1) is 0 Å². The predicted octanol–water partition coefficient (Wildman–Crippen LogP) is 6.01. The fourth-order valence-corrected chi connectivity index (χ4v) is 5.57. The van der Waals surface area contributed by atoms with Crippen molar-refractivity contribution in [3.63, 3.8) is 0 Å². The molecule has 46 heavy (non-hydrogen) atoms. The molecule has 0 aliphatic carbocycles. The summed E-state index contributed by atoms with van der Waals surface area (Å²) in [6.07, 6.45) is 11.2. The molecule has 2 heterocycles. The Morgan fingerprint density at radius 3 is 2.13 bits per heavy atom. The minimum atomic E-state index is -1.65. The lowest BCUT2D eigenvalue weighted by molar-refractivity contribution is -0.143. The van der Waals surface area contributed by atoms with Gasteiger partial charge in [-0.1, -0.05) is 101 Å². The van der Waals surface area contributed by atoms with Gasteiger partial charge in [-0.05, 0) is 44.5 Å². The lowest BCUT2D eigenvalue weighted by atomic mass is 9.93. The fourth-order valence-electron chi connectivity index (χ4n) is 5.39. The zero-order valence-corrected chi connectivity index (χ0v) is 27.5. The Morgan fingerprint density at radius 1 is 0.891 bits per heavy atom. The first-order valence-corrected chi connectivity index (χ1v) is 16.5. The van der Waals surface area contributed by atoms with E-state index in [1.165, 1.54) is 52.4 Å². The van der Waals surface area contributed by atoms with Crippen LogP contribution in [0.1, 0.15) is 103 Å². The molecule has 0 spiro atoms. The number of hydrogen-bond acceptors (Lipinski definition) is 6. The SMILES string of the molecule is CCCCCCCCCCCCC(=O)Nn1c(C(C(=O)Nc2ccccc2Cl)N2NC(=O)C(C)(C)C2=O)nc2ccccc2c1=O. The molecular weight excluding hydrogens is 608 g/mol. The number of nitrogens with zero attached hydrogens (tertiary/aromatic N) is 3. The summed E-state index contributed by atoms with van der Waals surface area (Å²) in [7, 11) is 0. The van der Waals surface area contributed by atoms with Crippen LogP contribution in [0.25, 0.3) is 10.9 Å². The first kappa shape index (κ1) is 34.6. The molecule has 12 heteroatoms. The quantitative estimate of drug-likeness (QED) is 0.128. The average molecular weight is 651 g/mol. The number of hydrogen-bond donors (Lipinski definition) is 3. The molecule has 246 valence electrons. The maximum Gasteiger partial charge on any atom is 0.280 e. The number of nitrogens with one attached hydrogen (secondary N) is 3. The topological polar surface area (TPSA) is 142 Å². The molecule has 0 radical (unpaired) electrons. The van der Waals surface area contributed by atoms with Gasteiger partial charge in [-0.25, -0.2) is 9.99 Å². The van der Waals surface area contributed by atoms with Crippen LogP contribution >= 0.6 is 11.6 Å². The van der Waals surface area contributed by atoms with Gasteiger partial charge in [0.1, 0.15) is 5.41 Å². The van der Waals surface area contributed by atoms with Crippen molar-refractivity contribution >= 4 is 51.8 Å². The summed E-state index contributed by atoms with van der Waals surface area (Å²) in [5.41, 5.74) is 3.47. The molecule has 3 N–H and O–H groups in total. The molecular formula is C34H43ClN6O5. The average Bonchev–Trinajstić information content (AvgIpc) is 3.23. The van der Waals surface area contributed by atoms with Gasteiger partial charge in [-0.3, -0.25) is 34.8 Å².